The van der Waals surface area contributed by atoms with Gasteiger partial charge in [0.05, 0.1) is 5.56 Å². The predicted octanol–water partition coefficient (Wildman–Crippen LogP) is 1.34. The lowest BCUT2D eigenvalue weighted by atomic mass is 10.1. The molecule has 5 heteroatoms. The van der Waals surface area contributed by atoms with E-state index in [1.165, 1.54) is 0 Å². The summed E-state index contributed by atoms with van der Waals surface area (Å²) in [6.45, 7) is 6.08. The molecule has 1 N–H and O–H groups in total. The fourth-order valence-corrected chi connectivity index (χ4v) is 2.28. The van der Waals surface area contributed by atoms with Gasteiger partial charge in [0, 0.05) is 32.4 Å². The highest BCUT2D eigenvalue weighted by molar-refractivity contribution is 6.01. The molecule has 0 atom stereocenters. The second-order valence-electron chi connectivity index (χ2n) is 5.12. The molecule has 0 bridgehead atoms. The average Bonchev–Trinajstić information content (AvgIpc) is 2.42. The van der Waals surface area contributed by atoms with Crippen LogP contribution in [-0.2, 0) is 4.79 Å². The van der Waals surface area contributed by atoms with Crippen molar-refractivity contribution in [2.75, 3.05) is 38.5 Å². The zero-order chi connectivity index (χ0) is 14.7. The van der Waals surface area contributed by atoms with Crippen molar-refractivity contribution >= 4 is 17.5 Å². The van der Waals surface area contributed by atoms with Gasteiger partial charge in [-0.3, -0.25) is 9.59 Å². The molecule has 0 radical (unpaired) electrons. The van der Waals surface area contributed by atoms with Crippen LogP contribution >= 0.6 is 0 Å². The number of nitrogens with one attached hydrogen (secondary N) is 1. The first-order valence-corrected chi connectivity index (χ1v) is 6.90. The van der Waals surface area contributed by atoms with Gasteiger partial charge in [-0.2, -0.15) is 0 Å². The van der Waals surface area contributed by atoms with Crippen LogP contribution < -0.4 is 5.32 Å². The lowest BCUT2D eigenvalue weighted by Gasteiger charge is -2.32. The molecule has 2 rings (SSSR count). The fraction of sp³-hybridized carbons (Fsp3) is 0.467. The average molecular weight is 275 g/mol. The Labute approximate surface area is 119 Å². The van der Waals surface area contributed by atoms with Crippen LogP contribution in [0.2, 0.25) is 0 Å². The molecule has 1 fully saturated rings. The van der Waals surface area contributed by atoms with Crippen LogP contribution in [0.25, 0.3) is 0 Å². The summed E-state index contributed by atoms with van der Waals surface area (Å²) < 4.78 is 0. The molecule has 1 aliphatic heterocycles. The summed E-state index contributed by atoms with van der Waals surface area (Å²) >= 11 is 0. The third-order valence-corrected chi connectivity index (χ3v) is 3.52. The normalized spacial score (nSPS) is 15.4. The van der Waals surface area contributed by atoms with Crippen LogP contribution in [0, 0.1) is 6.92 Å². The van der Waals surface area contributed by atoms with Gasteiger partial charge in [-0.15, -0.1) is 0 Å². The molecule has 0 spiro atoms. The molecule has 0 saturated carbocycles. The molecule has 2 amide bonds. The van der Waals surface area contributed by atoms with Crippen molar-refractivity contribution < 1.29 is 9.59 Å². The minimum absolute atomic E-state index is 0.0123. The van der Waals surface area contributed by atoms with E-state index in [-0.39, 0.29) is 18.4 Å². The van der Waals surface area contributed by atoms with Gasteiger partial charge in [0.1, 0.15) is 6.54 Å². The maximum Gasteiger partial charge on any atom is 0.256 e. The maximum absolute atomic E-state index is 12.6. The smallest absolute Gasteiger partial charge is 0.256 e. The summed E-state index contributed by atoms with van der Waals surface area (Å²) in [6, 6.07) is 5.72. The number of hydrogen-bond donors (Lipinski definition) is 1. The Morgan fingerprint density at radius 1 is 1.35 bits per heavy atom. The van der Waals surface area contributed by atoms with E-state index in [4.69, 9.17) is 0 Å². The standard InChI is InChI=1S/C15H21N3O2/c1-4-16-13-9-11(2)5-6-12(13)15(20)18-8-7-17(3)14(19)10-18/h5-6,9,16H,4,7-8,10H2,1-3H3. The molecular weight excluding hydrogens is 254 g/mol. The summed E-state index contributed by atoms with van der Waals surface area (Å²) in [5, 5.41) is 3.21. The number of benzene rings is 1. The number of carbonyl (C=O) groups is 2. The van der Waals surface area contributed by atoms with Crippen LogP contribution in [-0.4, -0.2) is 54.8 Å². The molecule has 1 saturated heterocycles. The van der Waals surface area contributed by atoms with E-state index >= 15 is 0 Å². The molecule has 1 heterocycles. The topological polar surface area (TPSA) is 52.7 Å². The van der Waals surface area contributed by atoms with Gasteiger partial charge in [0.25, 0.3) is 5.91 Å². The number of carbonyl (C=O) groups excluding carboxylic acids is 2. The van der Waals surface area contributed by atoms with Gasteiger partial charge in [-0.25, -0.2) is 0 Å². The van der Waals surface area contributed by atoms with Gasteiger partial charge in [0.2, 0.25) is 5.91 Å². The van der Waals surface area contributed by atoms with E-state index in [0.717, 1.165) is 17.8 Å². The second kappa shape index (κ2) is 5.94. The Hall–Kier alpha value is -2.04. The molecule has 1 aromatic carbocycles. The molecular formula is C15H21N3O2. The lowest BCUT2D eigenvalue weighted by molar-refractivity contribution is -0.133. The van der Waals surface area contributed by atoms with Gasteiger partial charge >= 0.3 is 0 Å². The van der Waals surface area contributed by atoms with Crippen LogP contribution in [0.4, 0.5) is 5.69 Å². The van der Waals surface area contributed by atoms with E-state index in [2.05, 4.69) is 5.32 Å². The predicted molar refractivity (Wildman–Crippen MR) is 78.9 cm³/mol. The Bertz CT molecular complexity index is 528. The molecule has 108 valence electrons. The second-order valence-corrected chi connectivity index (χ2v) is 5.12. The fourth-order valence-electron chi connectivity index (χ4n) is 2.28. The third kappa shape index (κ3) is 2.92. The van der Waals surface area contributed by atoms with Crippen molar-refractivity contribution in [3.8, 4) is 0 Å². The van der Waals surface area contributed by atoms with Gasteiger partial charge in [-0.05, 0) is 31.5 Å². The summed E-state index contributed by atoms with van der Waals surface area (Å²) in [5.41, 5.74) is 2.57. The molecule has 20 heavy (non-hydrogen) atoms. The Morgan fingerprint density at radius 2 is 2.10 bits per heavy atom. The number of aryl methyl sites for hydroxylation is 1. The van der Waals surface area contributed by atoms with E-state index in [1.54, 1.807) is 16.8 Å². The monoisotopic (exact) mass is 275 g/mol. The molecule has 0 aliphatic carbocycles. The zero-order valence-corrected chi connectivity index (χ0v) is 12.3. The first kappa shape index (κ1) is 14.4. The highest BCUT2D eigenvalue weighted by Gasteiger charge is 2.26. The van der Waals surface area contributed by atoms with Crippen molar-refractivity contribution in [1.29, 1.82) is 0 Å². The van der Waals surface area contributed by atoms with Crippen molar-refractivity contribution in [2.45, 2.75) is 13.8 Å². The molecule has 5 nitrogen and oxygen atoms in total. The summed E-state index contributed by atoms with van der Waals surface area (Å²) in [6.07, 6.45) is 0. The summed E-state index contributed by atoms with van der Waals surface area (Å²) in [4.78, 5) is 27.6. The minimum Gasteiger partial charge on any atom is -0.385 e. The Balaban J connectivity index is 2.22. The minimum atomic E-state index is -0.0811. The lowest BCUT2D eigenvalue weighted by Crippen LogP contribution is -2.50. The van der Waals surface area contributed by atoms with Crippen LogP contribution in [0.15, 0.2) is 18.2 Å². The largest absolute Gasteiger partial charge is 0.385 e. The van der Waals surface area contributed by atoms with Crippen molar-refractivity contribution in [1.82, 2.24) is 9.80 Å². The van der Waals surface area contributed by atoms with Crippen LogP contribution in [0.5, 0.6) is 0 Å². The van der Waals surface area contributed by atoms with Gasteiger partial charge < -0.3 is 15.1 Å². The van der Waals surface area contributed by atoms with Crippen LogP contribution in [0.1, 0.15) is 22.8 Å². The van der Waals surface area contributed by atoms with Crippen molar-refractivity contribution in [2.24, 2.45) is 0 Å². The highest BCUT2D eigenvalue weighted by atomic mass is 16.2. The molecule has 0 aromatic heterocycles. The summed E-state index contributed by atoms with van der Waals surface area (Å²) in [5.74, 6) is -0.0934. The zero-order valence-electron chi connectivity index (χ0n) is 12.3. The Kier molecular flexibility index (Phi) is 4.27. The van der Waals surface area contributed by atoms with E-state index in [9.17, 15) is 9.59 Å². The molecule has 0 unspecified atom stereocenters. The first-order valence-electron chi connectivity index (χ1n) is 6.90. The SMILES string of the molecule is CCNc1cc(C)ccc1C(=O)N1CCN(C)C(=O)C1. The molecule has 1 aliphatic rings. The number of piperazine rings is 1. The first-order chi connectivity index (χ1) is 9.52. The number of rotatable bonds is 3. The molecule has 1 aromatic rings. The number of amides is 2. The maximum atomic E-state index is 12.6. The van der Waals surface area contributed by atoms with E-state index in [0.29, 0.717) is 18.7 Å². The quantitative estimate of drug-likeness (QED) is 0.905. The number of nitrogens with zero attached hydrogens (tertiary/aromatic N) is 2. The van der Waals surface area contributed by atoms with Gasteiger partial charge in [-0.1, -0.05) is 6.07 Å². The van der Waals surface area contributed by atoms with E-state index in [1.807, 2.05) is 32.0 Å². The highest BCUT2D eigenvalue weighted by Crippen LogP contribution is 2.20. The van der Waals surface area contributed by atoms with Crippen molar-refractivity contribution in [3.63, 3.8) is 0 Å². The summed E-state index contributed by atoms with van der Waals surface area (Å²) in [7, 11) is 1.76. The van der Waals surface area contributed by atoms with E-state index < -0.39 is 0 Å². The van der Waals surface area contributed by atoms with Gasteiger partial charge in [0.15, 0.2) is 0 Å². The number of anilines is 1. The third-order valence-electron chi connectivity index (χ3n) is 3.52. The number of hydrogen-bond acceptors (Lipinski definition) is 3. The number of likely N-dealkylation sites (N-methyl/N-ethyl adjacent to an activating group) is 1. The van der Waals surface area contributed by atoms with Crippen LogP contribution in [0.3, 0.4) is 0 Å². The Morgan fingerprint density at radius 3 is 2.75 bits per heavy atom. The van der Waals surface area contributed by atoms with Crippen molar-refractivity contribution in [3.05, 3.63) is 29.3 Å².